The van der Waals surface area contributed by atoms with Crippen molar-refractivity contribution < 1.29 is 4.74 Å². The number of nitrogens with two attached hydrogens (primary N) is 1. The zero-order chi connectivity index (χ0) is 16.8. The van der Waals surface area contributed by atoms with E-state index in [1.54, 1.807) is 0 Å². The molecule has 1 aliphatic heterocycles. The van der Waals surface area contributed by atoms with Crippen molar-refractivity contribution in [3.05, 3.63) is 29.3 Å². The Bertz CT molecular complexity index is 608. The first-order valence-corrected chi connectivity index (χ1v) is 8.86. The number of aliphatic imine (C=N–C) groups is 2. The van der Waals surface area contributed by atoms with Gasteiger partial charge in [-0.1, -0.05) is 18.0 Å². The fraction of sp³-hybridized carbons (Fsp3) is 0.529. The van der Waals surface area contributed by atoms with Crippen molar-refractivity contribution in [1.82, 2.24) is 10.6 Å². The molecule has 0 aromatic heterocycles. The molecule has 3 rings (SSSR count). The highest BCUT2D eigenvalue weighted by atomic mass is 35.5. The summed E-state index contributed by atoms with van der Waals surface area (Å²) in [6, 6.07) is 7.36. The Hall–Kier alpha value is -1.95. The van der Waals surface area contributed by atoms with E-state index < -0.39 is 0 Å². The lowest BCUT2D eigenvalue weighted by molar-refractivity contribution is 0.270. The topological polar surface area (TPSA) is 84.0 Å². The number of ether oxygens (including phenoxy) is 1. The lowest BCUT2D eigenvalue weighted by Crippen LogP contribution is -2.61. The maximum atomic E-state index is 5.93. The molecule has 1 fully saturated rings. The van der Waals surface area contributed by atoms with Gasteiger partial charge in [0.05, 0.1) is 6.61 Å². The predicted octanol–water partition coefficient (Wildman–Crippen LogP) is 2.63. The Morgan fingerprint density at radius 2 is 1.96 bits per heavy atom. The molecular formula is C17H24ClN5O. The molecule has 7 heteroatoms. The van der Waals surface area contributed by atoms with Crippen molar-refractivity contribution in [1.29, 1.82) is 0 Å². The van der Waals surface area contributed by atoms with Crippen molar-refractivity contribution in [3.63, 3.8) is 0 Å². The molecule has 1 aliphatic carbocycles. The molecule has 0 amide bonds. The van der Waals surface area contributed by atoms with Gasteiger partial charge in [-0.15, -0.1) is 0 Å². The third-order valence-electron chi connectivity index (χ3n) is 4.27. The molecule has 24 heavy (non-hydrogen) atoms. The van der Waals surface area contributed by atoms with Gasteiger partial charge in [-0.3, -0.25) is 10.3 Å². The Morgan fingerprint density at radius 1 is 1.21 bits per heavy atom. The Balaban J connectivity index is 1.46. The summed E-state index contributed by atoms with van der Waals surface area (Å²) in [5, 5.41) is 7.15. The lowest BCUT2D eigenvalue weighted by atomic mass is 9.89. The Morgan fingerprint density at radius 3 is 2.71 bits per heavy atom. The van der Waals surface area contributed by atoms with Gasteiger partial charge in [-0.2, -0.15) is 0 Å². The standard InChI is InChI=1S/C17H24ClN5O/c18-13-5-7-14(8-6-13)24-12-4-11-20-16-21-15(19)22-17(23-16)9-2-1-3-10-17/h5-8H,1-4,9-12H2,(H4,19,20,21,22,23). The number of hydrogen-bond acceptors (Lipinski definition) is 4. The molecule has 0 bridgehead atoms. The summed E-state index contributed by atoms with van der Waals surface area (Å²) in [5.41, 5.74) is 5.67. The van der Waals surface area contributed by atoms with Crippen LogP contribution >= 0.6 is 11.6 Å². The lowest BCUT2D eigenvalue weighted by Gasteiger charge is -2.38. The van der Waals surface area contributed by atoms with Gasteiger partial charge in [-0.25, -0.2) is 4.99 Å². The largest absolute Gasteiger partial charge is 0.494 e. The van der Waals surface area contributed by atoms with E-state index in [9.17, 15) is 0 Å². The van der Waals surface area contributed by atoms with E-state index in [-0.39, 0.29) is 5.66 Å². The van der Waals surface area contributed by atoms with Crippen LogP contribution in [0.15, 0.2) is 34.3 Å². The van der Waals surface area contributed by atoms with E-state index >= 15 is 0 Å². The van der Waals surface area contributed by atoms with E-state index in [0.29, 0.717) is 24.1 Å². The summed E-state index contributed by atoms with van der Waals surface area (Å²) < 4.78 is 5.66. The summed E-state index contributed by atoms with van der Waals surface area (Å²) >= 11 is 5.85. The molecule has 1 spiro atoms. The van der Waals surface area contributed by atoms with Gasteiger partial charge in [0.2, 0.25) is 0 Å². The molecule has 0 radical (unpaired) electrons. The smallest absolute Gasteiger partial charge is 0.200 e. The van der Waals surface area contributed by atoms with E-state index in [4.69, 9.17) is 22.1 Å². The van der Waals surface area contributed by atoms with Crippen LogP contribution in [-0.4, -0.2) is 30.7 Å². The highest BCUT2D eigenvalue weighted by Crippen LogP contribution is 2.30. The molecule has 1 saturated carbocycles. The molecule has 1 heterocycles. The zero-order valence-electron chi connectivity index (χ0n) is 13.7. The minimum absolute atomic E-state index is 0.258. The number of halogens is 1. The summed E-state index contributed by atoms with van der Waals surface area (Å²) in [6.45, 7) is 1.26. The first kappa shape index (κ1) is 16.9. The molecule has 4 N–H and O–H groups in total. The molecule has 1 aromatic rings. The Kier molecular flexibility index (Phi) is 5.45. The van der Waals surface area contributed by atoms with Crippen molar-refractivity contribution in [2.45, 2.75) is 44.2 Å². The first-order chi connectivity index (χ1) is 11.7. The minimum Gasteiger partial charge on any atom is -0.494 e. The quantitative estimate of drug-likeness (QED) is 0.713. The summed E-state index contributed by atoms with van der Waals surface area (Å²) in [4.78, 5) is 9.13. The molecule has 0 saturated heterocycles. The van der Waals surface area contributed by atoms with Crippen molar-refractivity contribution in [3.8, 4) is 5.75 Å². The average Bonchev–Trinajstić information content (AvgIpc) is 2.56. The maximum Gasteiger partial charge on any atom is 0.200 e. The van der Waals surface area contributed by atoms with Crippen LogP contribution in [0, 0.1) is 0 Å². The average molecular weight is 350 g/mol. The van der Waals surface area contributed by atoms with E-state index in [0.717, 1.165) is 31.0 Å². The first-order valence-electron chi connectivity index (χ1n) is 8.49. The second kappa shape index (κ2) is 7.75. The van der Waals surface area contributed by atoms with Crippen LogP contribution in [0.25, 0.3) is 0 Å². The fourth-order valence-corrected chi connectivity index (χ4v) is 3.21. The number of rotatable bonds is 5. The van der Waals surface area contributed by atoms with Crippen LogP contribution in [0.4, 0.5) is 0 Å². The van der Waals surface area contributed by atoms with Crippen molar-refractivity contribution in [2.75, 3.05) is 13.2 Å². The van der Waals surface area contributed by atoms with Gasteiger partial charge in [-0.05, 0) is 49.9 Å². The second-order valence-corrected chi connectivity index (χ2v) is 6.66. The number of hydrogen-bond donors (Lipinski definition) is 3. The van der Waals surface area contributed by atoms with Crippen LogP contribution < -0.4 is 21.1 Å². The third kappa shape index (κ3) is 4.54. The third-order valence-corrected chi connectivity index (χ3v) is 4.52. The van der Waals surface area contributed by atoms with E-state index in [2.05, 4.69) is 20.6 Å². The van der Waals surface area contributed by atoms with Gasteiger partial charge in [0, 0.05) is 18.0 Å². The van der Waals surface area contributed by atoms with Crippen LogP contribution in [-0.2, 0) is 0 Å². The maximum absolute atomic E-state index is 5.93. The SMILES string of the molecule is NC1=NC2(CCCCC2)NC(=NCCCOc2ccc(Cl)cc2)N1. The van der Waals surface area contributed by atoms with Crippen molar-refractivity contribution >= 4 is 23.5 Å². The van der Waals surface area contributed by atoms with Crippen LogP contribution in [0.2, 0.25) is 5.02 Å². The normalized spacial score (nSPS) is 21.0. The highest BCUT2D eigenvalue weighted by molar-refractivity contribution is 6.30. The molecule has 1 aromatic carbocycles. The predicted molar refractivity (Wildman–Crippen MR) is 97.6 cm³/mol. The minimum atomic E-state index is -0.258. The van der Waals surface area contributed by atoms with Gasteiger partial charge < -0.3 is 15.8 Å². The second-order valence-electron chi connectivity index (χ2n) is 6.23. The molecule has 0 unspecified atom stereocenters. The summed E-state index contributed by atoms with van der Waals surface area (Å²) in [7, 11) is 0. The molecule has 2 aliphatic rings. The molecular weight excluding hydrogens is 326 g/mol. The van der Waals surface area contributed by atoms with Gasteiger partial charge >= 0.3 is 0 Å². The molecule has 6 nitrogen and oxygen atoms in total. The molecule has 0 atom stereocenters. The van der Waals surface area contributed by atoms with Crippen LogP contribution in [0.3, 0.4) is 0 Å². The number of guanidine groups is 2. The van der Waals surface area contributed by atoms with Gasteiger partial charge in [0.25, 0.3) is 0 Å². The number of nitrogens with zero attached hydrogens (tertiary/aromatic N) is 2. The highest BCUT2D eigenvalue weighted by Gasteiger charge is 2.35. The van der Waals surface area contributed by atoms with E-state index in [1.807, 2.05) is 24.3 Å². The number of nitrogens with one attached hydrogen (secondary N) is 2. The van der Waals surface area contributed by atoms with Gasteiger partial charge in [0.15, 0.2) is 11.9 Å². The summed E-state index contributed by atoms with van der Waals surface area (Å²) in [5.74, 6) is 1.99. The van der Waals surface area contributed by atoms with Crippen molar-refractivity contribution in [2.24, 2.45) is 15.7 Å². The monoisotopic (exact) mass is 349 g/mol. The van der Waals surface area contributed by atoms with Crippen LogP contribution in [0.5, 0.6) is 5.75 Å². The zero-order valence-corrected chi connectivity index (χ0v) is 14.5. The van der Waals surface area contributed by atoms with Gasteiger partial charge in [0.1, 0.15) is 11.4 Å². The number of benzene rings is 1. The van der Waals surface area contributed by atoms with Crippen LogP contribution in [0.1, 0.15) is 38.5 Å². The fourth-order valence-electron chi connectivity index (χ4n) is 3.09. The Labute approximate surface area is 147 Å². The summed E-state index contributed by atoms with van der Waals surface area (Å²) in [6.07, 6.45) is 6.44. The molecule has 130 valence electrons. The van der Waals surface area contributed by atoms with E-state index in [1.165, 1.54) is 19.3 Å².